The number of phenols is 1. The molecule has 0 radical (unpaired) electrons. The molecule has 0 aromatic heterocycles. The molecule has 0 amide bonds. The largest absolute Gasteiger partial charge is 0.508 e. The first-order chi connectivity index (χ1) is 10.4. The quantitative estimate of drug-likeness (QED) is 0.888. The average molecular weight is 311 g/mol. The van der Waals surface area contributed by atoms with Gasteiger partial charge in [0.2, 0.25) is 0 Å². The second-order valence-corrected chi connectivity index (χ2v) is 4.86. The van der Waals surface area contributed by atoms with Gasteiger partial charge in [0.25, 0.3) is 0 Å². The highest BCUT2D eigenvalue weighted by Gasteiger charge is 2.30. The maximum Gasteiger partial charge on any atom is 0.416 e. The molecule has 0 heterocycles. The molecule has 1 atom stereocenters. The summed E-state index contributed by atoms with van der Waals surface area (Å²) in [6.07, 6.45) is -4.40. The van der Waals surface area contributed by atoms with Crippen molar-refractivity contribution < 1.29 is 23.0 Å². The van der Waals surface area contributed by atoms with Gasteiger partial charge >= 0.3 is 6.18 Å². The van der Waals surface area contributed by atoms with Gasteiger partial charge in [-0.3, -0.25) is 0 Å². The van der Waals surface area contributed by atoms with E-state index in [0.29, 0.717) is 0 Å². The van der Waals surface area contributed by atoms with Gasteiger partial charge in [0.15, 0.2) is 0 Å². The third-order valence-electron chi connectivity index (χ3n) is 3.26. The van der Waals surface area contributed by atoms with Crippen molar-refractivity contribution in [2.24, 2.45) is 5.73 Å². The molecule has 0 aliphatic carbocycles. The standard InChI is InChI=1S/C16H16F3NO2/c17-16(18,19)13-2-1-3-15(8-13)22-10-12(9-20)11-4-6-14(21)7-5-11/h1-8,12,21H,9-10,20H2. The topological polar surface area (TPSA) is 55.5 Å². The summed E-state index contributed by atoms with van der Waals surface area (Å²) in [4.78, 5) is 0. The van der Waals surface area contributed by atoms with E-state index in [4.69, 9.17) is 10.5 Å². The third-order valence-corrected chi connectivity index (χ3v) is 3.26. The van der Waals surface area contributed by atoms with Crippen molar-refractivity contribution in [1.82, 2.24) is 0 Å². The van der Waals surface area contributed by atoms with Crippen molar-refractivity contribution in [1.29, 1.82) is 0 Å². The summed E-state index contributed by atoms with van der Waals surface area (Å²) < 4.78 is 43.3. The van der Waals surface area contributed by atoms with Gasteiger partial charge in [-0.25, -0.2) is 0 Å². The summed E-state index contributed by atoms with van der Waals surface area (Å²) in [5.74, 6) is 0.112. The Morgan fingerprint density at radius 2 is 1.77 bits per heavy atom. The molecule has 2 aromatic rings. The normalized spacial score (nSPS) is 12.9. The molecule has 0 bridgehead atoms. The van der Waals surface area contributed by atoms with E-state index < -0.39 is 11.7 Å². The Kier molecular flexibility index (Phi) is 4.92. The maximum absolute atomic E-state index is 12.6. The van der Waals surface area contributed by atoms with E-state index in [2.05, 4.69) is 0 Å². The summed E-state index contributed by atoms with van der Waals surface area (Å²) >= 11 is 0. The van der Waals surface area contributed by atoms with Gasteiger partial charge in [-0.15, -0.1) is 0 Å². The van der Waals surface area contributed by atoms with Gasteiger partial charge in [0.1, 0.15) is 11.5 Å². The summed E-state index contributed by atoms with van der Waals surface area (Å²) in [5.41, 5.74) is 5.79. The lowest BCUT2D eigenvalue weighted by atomic mass is 10.0. The van der Waals surface area contributed by atoms with E-state index in [0.717, 1.165) is 17.7 Å². The lowest BCUT2D eigenvalue weighted by Gasteiger charge is -2.17. The predicted molar refractivity (Wildman–Crippen MR) is 76.8 cm³/mol. The molecule has 0 aliphatic rings. The number of phenolic OH excluding ortho intramolecular Hbond substituents is 1. The van der Waals surface area contributed by atoms with Crippen molar-refractivity contribution >= 4 is 0 Å². The van der Waals surface area contributed by atoms with Gasteiger partial charge in [-0.2, -0.15) is 13.2 Å². The van der Waals surface area contributed by atoms with E-state index in [1.165, 1.54) is 24.3 Å². The Labute approximate surface area is 126 Å². The van der Waals surface area contributed by atoms with Gasteiger partial charge in [-0.1, -0.05) is 18.2 Å². The second-order valence-electron chi connectivity index (χ2n) is 4.86. The zero-order chi connectivity index (χ0) is 16.2. The fraction of sp³-hybridized carbons (Fsp3) is 0.250. The highest BCUT2D eigenvalue weighted by atomic mass is 19.4. The Morgan fingerprint density at radius 3 is 2.36 bits per heavy atom. The van der Waals surface area contributed by atoms with Gasteiger partial charge in [0, 0.05) is 12.5 Å². The molecule has 2 rings (SSSR count). The molecule has 0 aliphatic heterocycles. The van der Waals surface area contributed by atoms with E-state index in [1.807, 2.05) is 0 Å². The van der Waals surface area contributed by atoms with Gasteiger partial charge in [-0.05, 0) is 35.9 Å². The minimum atomic E-state index is -4.40. The Morgan fingerprint density at radius 1 is 1.09 bits per heavy atom. The predicted octanol–water partition coefficient (Wildman–Crippen LogP) is 3.53. The Hall–Kier alpha value is -2.21. The average Bonchev–Trinajstić information content (AvgIpc) is 2.49. The highest BCUT2D eigenvalue weighted by molar-refractivity contribution is 5.31. The first kappa shape index (κ1) is 16.2. The Balaban J connectivity index is 2.06. The zero-order valence-corrected chi connectivity index (χ0v) is 11.7. The lowest BCUT2D eigenvalue weighted by molar-refractivity contribution is -0.137. The van der Waals surface area contributed by atoms with Crippen LogP contribution >= 0.6 is 0 Å². The molecule has 3 nitrogen and oxygen atoms in total. The molecular weight excluding hydrogens is 295 g/mol. The lowest BCUT2D eigenvalue weighted by Crippen LogP contribution is -2.19. The summed E-state index contributed by atoms with van der Waals surface area (Å²) in [7, 11) is 0. The van der Waals surface area contributed by atoms with Crippen molar-refractivity contribution in [3.8, 4) is 11.5 Å². The van der Waals surface area contributed by atoms with Crippen LogP contribution in [0.5, 0.6) is 11.5 Å². The fourth-order valence-electron chi connectivity index (χ4n) is 2.01. The van der Waals surface area contributed by atoms with Crippen LogP contribution in [0.3, 0.4) is 0 Å². The minimum Gasteiger partial charge on any atom is -0.508 e. The van der Waals surface area contributed by atoms with E-state index in [-0.39, 0.29) is 30.6 Å². The second kappa shape index (κ2) is 6.70. The molecule has 0 fully saturated rings. The summed E-state index contributed by atoms with van der Waals surface area (Å²) in [6, 6.07) is 11.2. The molecule has 2 aromatic carbocycles. The number of benzene rings is 2. The first-order valence-corrected chi connectivity index (χ1v) is 6.69. The van der Waals surface area contributed by atoms with Crippen molar-refractivity contribution in [2.75, 3.05) is 13.2 Å². The Bertz CT molecular complexity index is 612. The van der Waals surface area contributed by atoms with Gasteiger partial charge in [0.05, 0.1) is 12.2 Å². The molecular formula is C16H16F3NO2. The molecule has 0 spiro atoms. The molecule has 0 saturated carbocycles. The van der Waals surface area contributed by atoms with Crippen LogP contribution in [0.1, 0.15) is 17.0 Å². The number of hydrogen-bond acceptors (Lipinski definition) is 3. The van der Waals surface area contributed by atoms with E-state index in [9.17, 15) is 18.3 Å². The number of halogens is 3. The smallest absolute Gasteiger partial charge is 0.416 e. The molecule has 6 heteroatoms. The van der Waals surface area contributed by atoms with Crippen LogP contribution in [0, 0.1) is 0 Å². The number of alkyl halides is 3. The van der Waals surface area contributed by atoms with Crippen LogP contribution in [-0.2, 0) is 6.18 Å². The van der Waals surface area contributed by atoms with Crippen LogP contribution in [-0.4, -0.2) is 18.3 Å². The number of hydrogen-bond donors (Lipinski definition) is 2. The molecule has 3 N–H and O–H groups in total. The van der Waals surface area contributed by atoms with E-state index in [1.54, 1.807) is 12.1 Å². The fourth-order valence-corrected chi connectivity index (χ4v) is 2.01. The van der Waals surface area contributed by atoms with Crippen LogP contribution in [0.4, 0.5) is 13.2 Å². The summed E-state index contributed by atoms with van der Waals surface area (Å²) in [5, 5.41) is 9.26. The molecule has 0 saturated heterocycles. The number of aromatic hydroxyl groups is 1. The van der Waals surface area contributed by atoms with Crippen LogP contribution < -0.4 is 10.5 Å². The SMILES string of the molecule is NCC(COc1cccc(C(F)(F)F)c1)c1ccc(O)cc1. The van der Waals surface area contributed by atoms with Crippen LogP contribution in [0.2, 0.25) is 0 Å². The molecule has 118 valence electrons. The maximum atomic E-state index is 12.6. The van der Waals surface area contributed by atoms with Crippen molar-refractivity contribution in [2.45, 2.75) is 12.1 Å². The minimum absolute atomic E-state index is 0.137. The van der Waals surface area contributed by atoms with Crippen LogP contribution in [0.15, 0.2) is 48.5 Å². The van der Waals surface area contributed by atoms with Crippen molar-refractivity contribution in [3.63, 3.8) is 0 Å². The van der Waals surface area contributed by atoms with Crippen molar-refractivity contribution in [3.05, 3.63) is 59.7 Å². The highest BCUT2D eigenvalue weighted by Crippen LogP contribution is 2.31. The van der Waals surface area contributed by atoms with Gasteiger partial charge < -0.3 is 15.6 Å². The zero-order valence-electron chi connectivity index (χ0n) is 11.7. The first-order valence-electron chi connectivity index (χ1n) is 6.69. The monoisotopic (exact) mass is 311 g/mol. The number of ether oxygens (including phenoxy) is 1. The summed E-state index contributed by atoms with van der Waals surface area (Å²) in [6.45, 7) is 0.437. The van der Waals surface area contributed by atoms with E-state index >= 15 is 0 Å². The molecule has 22 heavy (non-hydrogen) atoms. The number of rotatable bonds is 5. The molecule has 1 unspecified atom stereocenters. The third kappa shape index (κ3) is 4.14. The van der Waals surface area contributed by atoms with Crippen LogP contribution in [0.25, 0.3) is 0 Å². The number of nitrogens with two attached hydrogens (primary N) is 1.